The van der Waals surface area contributed by atoms with E-state index in [1.807, 2.05) is 42.7 Å². The standard InChI is InChI=1S/C12H8BrN3O.C12H9N3O/c13-11-6-15-16-7-9(5-14-12(11)16)8-1-3-10(17)4-2-8;16-11-3-1-9(2-4-11)10-7-13-12-5-6-14-15(12)8-10/h1-7,17H;1-8,16H. The van der Waals surface area contributed by atoms with E-state index in [1.165, 1.54) is 0 Å². The van der Waals surface area contributed by atoms with E-state index < -0.39 is 0 Å². The molecule has 162 valence electrons. The maximum atomic E-state index is 9.24. The van der Waals surface area contributed by atoms with Crippen molar-refractivity contribution in [2.75, 3.05) is 0 Å². The van der Waals surface area contributed by atoms with Crippen LogP contribution in [0.2, 0.25) is 0 Å². The number of halogens is 1. The zero-order chi connectivity index (χ0) is 22.8. The van der Waals surface area contributed by atoms with Crippen LogP contribution in [0.15, 0.2) is 96.3 Å². The van der Waals surface area contributed by atoms with Gasteiger partial charge < -0.3 is 10.2 Å². The van der Waals surface area contributed by atoms with Gasteiger partial charge in [-0.2, -0.15) is 10.2 Å². The number of aromatic hydroxyl groups is 2. The van der Waals surface area contributed by atoms with Gasteiger partial charge >= 0.3 is 0 Å². The minimum absolute atomic E-state index is 0.254. The van der Waals surface area contributed by atoms with Gasteiger partial charge in [-0.15, -0.1) is 0 Å². The summed E-state index contributed by atoms with van der Waals surface area (Å²) >= 11 is 3.38. The molecular weight excluding hydrogens is 484 g/mol. The molecule has 0 aliphatic carbocycles. The van der Waals surface area contributed by atoms with Crippen LogP contribution in [0.25, 0.3) is 33.5 Å². The number of aromatic nitrogens is 6. The highest BCUT2D eigenvalue weighted by atomic mass is 79.9. The van der Waals surface area contributed by atoms with E-state index in [-0.39, 0.29) is 11.5 Å². The highest BCUT2D eigenvalue weighted by molar-refractivity contribution is 9.10. The molecule has 0 spiro atoms. The predicted molar refractivity (Wildman–Crippen MR) is 128 cm³/mol. The lowest BCUT2D eigenvalue weighted by molar-refractivity contribution is 0.475. The zero-order valence-electron chi connectivity index (χ0n) is 17.1. The number of fused-ring (bicyclic) bond motifs is 2. The van der Waals surface area contributed by atoms with Gasteiger partial charge in [0.25, 0.3) is 0 Å². The SMILES string of the molecule is Oc1ccc(-c2cnc3c(Br)cnn3c2)cc1.Oc1ccc(-c2cnc3ccnn3c2)cc1. The molecule has 0 saturated carbocycles. The summed E-state index contributed by atoms with van der Waals surface area (Å²) in [5, 5.41) is 26.8. The molecule has 0 saturated heterocycles. The van der Waals surface area contributed by atoms with E-state index in [4.69, 9.17) is 0 Å². The Kier molecular flexibility index (Phi) is 5.45. The monoisotopic (exact) mass is 500 g/mol. The molecule has 6 aromatic rings. The van der Waals surface area contributed by atoms with Crippen molar-refractivity contribution in [3.05, 3.63) is 96.3 Å². The van der Waals surface area contributed by atoms with Crippen molar-refractivity contribution < 1.29 is 10.2 Å². The van der Waals surface area contributed by atoms with Gasteiger partial charge in [-0.3, -0.25) is 0 Å². The average Bonchev–Trinajstić information content (AvgIpc) is 3.46. The first-order chi connectivity index (χ1) is 16.1. The Hall–Kier alpha value is -4.24. The first-order valence-electron chi connectivity index (χ1n) is 9.94. The Morgan fingerprint density at radius 1 is 0.606 bits per heavy atom. The fourth-order valence-corrected chi connectivity index (χ4v) is 3.64. The molecular formula is C24H17BrN6O2. The van der Waals surface area contributed by atoms with Gasteiger partial charge in [-0.25, -0.2) is 19.0 Å². The summed E-state index contributed by atoms with van der Waals surface area (Å²) in [6.07, 6.45) is 10.8. The third-order valence-corrected chi connectivity index (χ3v) is 5.52. The fraction of sp³-hybridized carbons (Fsp3) is 0. The van der Waals surface area contributed by atoms with Crippen molar-refractivity contribution in [2.24, 2.45) is 0 Å². The van der Waals surface area contributed by atoms with Crippen molar-refractivity contribution in [3.63, 3.8) is 0 Å². The molecule has 0 aliphatic rings. The summed E-state index contributed by atoms with van der Waals surface area (Å²) in [6, 6.07) is 15.8. The second-order valence-electron chi connectivity index (χ2n) is 7.17. The quantitative estimate of drug-likeness (QED) is 0.348. The molecule has 6 rings (SSSR count). The van der Waals surface area contributed by atoms with Crippen LogP contribution in [0, 0.1) is 0 Å². The molecule has 0 aliphatic heterocycles. The van der Waals surface area contributed by atoms with Gasteiger partial charge in [0.05, 0.1) is 16.9 Å². The summed E-state index contributed by atoms with van der Waals surface area (Å²) in [7, 11) is 0. The Balaban J connectivity index is 0.000000139. The third kappa shape index (κ3) is 4.39. The molecule has 0 fully saturated rings. The van der Waals surface area contributed by atoms with Crippen LogP contribution in [0.1, 0.15) is 0 Å². The molecule has 8 nitrogen and oxygen atoms in total. The van der Waals surface area contributed by atoms with E-state index in [2.05, 4.69) is 36.1 Å². The number of phenols is 2. The van der Waals surface area contributed by atoms with Crippen molar-refractivity contribution in [2.45, 2.75) is 0 Å². The van der Waals surface area contributed by atoms with Crippen molar-refractivity contribution in [3.8, 4) is 33.8 Å². The lowest BCUT2D eigenvalue weighted by Gasteiger charge is -2.02. The number of hydrogen-bond acceptors (Lipinski definition) is 6. The number of hydrogen-bond donors (Lipinski definition) is 2. The lowest BCUT2D eigenvalue weighted by atomic mass is 10.1. The van der Waals surface area contributed by atoms with Crippen LogP contribution < -0.4 is 0 Å². The first kappa shape index (κ1) is 20.7. The maximum Gasteiger partial charge on any atom is 0.169 e. The minimum Gasteiger partial charge on any atom is -0.508 e. The summed E-state index contributed by atoms with van der Waals surface area (Å²) in [4.78, 5) is 8.61. The molecule has 0 radical (unpaired) electrons. The van der Waals surface area contributed by atoms with Crippen LogP contribution in [0.5, 0.6) is 11.5 Å². The van der Waals surface area contributed by atoms with Gasteiger partial charge in [-0.05, 0) is 51.3 Å². The summed E-state index contributed by atoms with van der Waals surface area (Å²) < 4.78 is 4.31. The minimum atomic E-state index is 0.254. The van der Waals surface area contributed by atoms with Gasteiger partial charge in [0.15, 0.2) is 11.3 Å². The molecule has 0 bridgehead atoms. The van der Waals surface area contributed by atoms with Crippen LogP contribution in [0.3, 0.4) is 0 Å². The predicted octanol–water partition coefficient (Wildman–Crippen LogP) is 4.97. The van der Waals surface area contributed by atoms with E-state index in [0.717, 1.165) is 38.0 Å². The van der Waals surface area contributed by atoms with Crippen LogP contribution >= 0.6 is 15.9 Å². The molecule has 2 N–H and O–H groups in total. The Bertz CT molecular complexity index is 1540. The molecule has 4 aromatic heterocycles. The smallest absolute Gasteiger partial charge is 0.169 e. The molecule has 0 atom stereocenters. The topological polar surface area (TPSA) is 101 Å². The van der Waals surface area contributed by atoms with Gasteiger partial charge in [0.2, 0.25) is 0 Å². The van der Waals surface area contributed by atoms with E-state index in [0.29, 0.717) is 0 Å². The van der Waals surface area contributed by atoms with Crippen molar-refractivity contribution in [1.82, 2.24) is 29.2 Å². The number of rotatable bonds is 2. The van der Waals surface area contributed by atoms with Crippen LogP contribution in [-0.4, -0.2) is 39.4 Å². The summed E-state index contributed by atoms with van der Waals surface area (Å²) in [5.41, 5.74) is 5.52. The van der Waals surface area contributed by atoms with Gasteiger partial charge in [0, 0.05) is 42.0 Å². The maximum absolute atomic E-state index is 9.24. The number of benzene rings is 2. The Labute approximate surface area is 196 Å². The highest BCUT2D eigenvalue weighted by Crippen LogP contribution is 2.23. The molecule has 2 aromatic carbocycles. The molecule has 33 heavy (non-hydrogen) atoms. The van der Waals surface area contributed by atoms with Crippen LogP contribution in [-0.2, 0) is 0 Å². The van der Waals surface area contributed by atoms with E-state index in [9.17, 15) is 10.2 Å². The van der Waals surface area contributed by atoms with Gasteiger partial charge in [-0.1, -0.05) is 24.3 Å². The average molecular weight is 501 g/mol. The van der Waals surface area contributed by atoms with E-state index >= 15 is 0 Å². The Morgan fingerprint density at radius 3 is 1.82 bits per heavy atom. The normalized spacial score (nSPS) is 10.8. The first-order valence-corrected chi connectivity index (χ1v) is 10.7. The third-order valence-electron chi connectivity index (χ3n) is 4.96. The van der Waals surface area contributed by atoms with Crippen LogP contribution in [0.4, 0.5) is 0 Å². The Morgan fingerprint density at radius 2 is 1.18 bits per heavy atom. The van der Waals surface area contributed by atoms with E-state index in [1.54, 1.807) is 58.1 Å². The number of phenolic OH excluding ortho intramolecular Hbond substituents is 2. The van der Waals surface area contributed by atoms with Crippen molar-refractivity contribution in [1.29, 1.82) is 0 Å². The second-order valence-corrected chi connectivity index (χ2v) is 8.03. The zero-order valence-corrected chi connectivity index (χ0v) is 18.7. The van der Waals surface area contributed by atoms with Crippen molar-refractivity contribution >= 4 is 27.2 Å². The fourth-order valence-electron chi connectivity index (χ4n) is 3.26. The molecule has 9 heteroatoms. The van der Waals surface area contributed by atoms with Gasteiger partial charge in [0.1, 0.15) is 11.5 Å². The summed E-state index contributed by atoms with van der Waals surface area (Å²) in [6.45, 7) is 0. The summed E-state index contributed by atoms with van der Waals surface area (Å²) in [5.74, 6) is 0.515. The molecule has 4 heterocycles. The second kappa shape index (κ2) is 8.71. The molecule has 0 amide bonds. The largest absolute Gasteiger partial charge is 0.508 e. The lowest BCUT2D eigenvalue weighted by Crippen LogP contribution is -1.91. The highest BCUT2D eigenvalue weighted by Gasteiger charge is 2.05. The number of nitrogens with zero attached hydrogens (tertiary/aromatic N) is 6. The molecule has 0 unspecified atom stereocenters.